The Morgan fingerprint density at radius 3 is 2.52 bits per heavy atom. The van der Waals surface area contributed by atoms with Crippen molar-refractivity contribution in [2.24, 2.45) is 7.05 Å². The van der Waals surface area contributed by atoms with Crippen LogP contribution in [0.4, 0.5) is 0 Å². The second-order valence-electron chi connectivity index (χ2n) is 6.77. The number of morpholine rings is 1. The van der Waals surface area contributed by atoms with E-state index in [4.69, 9.17) is 4.74 Å². The topological polar surface area (TPSA) is 64.4 Å². The van der Waals surface area contributed by atoms with Gasteiger partial charge in [-0.2, -0.15) is 0 Å². The molecule has 1 aliphatic rings. The fourth-order valence-electron chi connectivity index (χ4n) is 3.00. The van der Waals surface area contributed by atoms with Crippen molar-refractivity contribution in [1.82, 2.24) is 14.5 Å². The van der Waals surface area contributed by atoms with Crippen LogP contribution >= 0.6 is 11.8 Å². The summed E-state index contributed by atoms with van der Waals surface area (Å²) < 4.78 is 6.82. The fraction of sp³-hybridized carbons (Fsp3) is 0.450. The lowest BCUT2D eigenvalue weighted by Gasteiger charge is -2.26. The van der Waals surface area contributed by atoms with Gasteiger partial charge in [0, 0.05) is 37.8 Å². The number of hydrogen-bond donors (Lipinski definition) is 0. The van der Waals surface area contributed by atoms with Crippen LogP contribution in [-0.2, 0) is 23.0 Å². The largest absolute Gasteiger partial charge is 0.378 e. The van der Waals surface area contributed by atoms with E-state index in [1.807, 2.05) is 38.1 Å². The van der Waals surface area contributed by atoms with Gasteiger partial charge in [-0.25, -0.2) is 4.98 Å². The van der Waals surface area contributed by atoms with E-state index in [0.29, 0.717) is 43.4 Å². The van der Waals surface area contributed by atoms with Gasteiger partial charge in [0.2, 0.25) is 5.91 Å². The van der Waals surface area contributed by atoms with Crippen LogP contribution in [0.1, 0.15) is 22.4 Å². The third kappa shape index (κ3) is 4.78. The number of ether oxygens (including phenoxy) is 1. The number of carbonyl (C=O) groups is 1. The maximum absolute atomic E-state index is 12.8. The van der Waals surface area contributed by atoms with Crippen molar-refractivity contribution >= 4 is 17.7 Å². The second kappa shape index (κ2) is 8.71. The molecule has 0 aliphatic carbocycles. The van der Waals surface area contributed by atoms with Crippen LogP contribution in [0.25, 0.3) is 0 Å². The van der Waals surface area contributed by atoms with E-state index < -0.39 is 0 Å². The van der Waals surface area contributed by atoms with Crippen molar-refractivity contribution < 1.29 is 9.53 Å². The summed E-state index contributed by atoms with van der Waals surface area (Å²) in [6, 6.07) is 8.17. The lowest BCUT2D eigenvalue weighted by molar-refractivity contribution is -0.132. The minimum Gasteiger partial charge on any atom is -0.378 e. The Morgan fingerprint density at radius 2 is 1.85 bits per heavy atom. The van der Waals surface area contributed by atoms with E-state index in [1.54, 1.807) is 16.5 Å². The Bertz CT molecular complexity index is 871. The Kier molecular flexibility index (Phi) is 6.34. The highest BCUT2D eigenvalue weighted by Crippen LogP contribution is 2.17. The average molecular weight is 388 g/mol. The molecule has 1 saturated heterocycles. The molecule has 1 fully saturated rings. The van der Waals surface area contributed by atoms with E-state index in [0.717, 1.165) is 11.3 Å². The molecule has 0 spiro atoms. The van der Waals surface area contributed by atoms with Crippen molar-refractivity contribution in [2.75, 3.05) is 32.1 Å². The van der Waals surface area contributed by atoms with Crippen LogP contribution in [0.2, 0.25) is 0 Å². The highest BCUT2D eigenvalue weighted by atomic mass is 32.2. The van der Waals surface area contributed by atoms with Gasteiger partial charge in [-0.15, -0.1) is 0 Å². The Labute approximate surface area is 163 Å². The number of benzene rings is 1. The molecule has 1 aliphatic heterocycles. The fourth-order valence-corrected chi connectivity index (χ4v) is 3.92. The normalized spacial score (nSPS) is 14.4. The molecular weight excluding hydrogens is 362 g/mol. The highest BCUT2D eigenvalue weighted by Gasteiger charge is 2.19. The Balaban J connectivity index is 1.73. The van der Waals surface area contributed by atoms with Crippen molar-refractivity contribution in [3.05, 3.63) is 57.0 Å². The summed E-state index contributed by atoms with van der Waals surface area (Å²) in [5.74, 6) is 0.329. The molecule has 0 atom stereocenters. The summed E-state index contributed by atoms with van der Waals surface area (Å²) in [5, 5.41) is 0.576. The molecule has 3 rings (SSSR count). The third-order valence-electron chi connectivity index (χ3n) is 4.74. The zero-order valence-electron chi connectivity index (χ0n) is 16.0. The molecule has 1 amide bonds. The molecule has 0 saturated carbocycles. The van der Waals surface area contributed by atoms with Crippen molar-refractivity contribution in [2.45, 2.75) is 25.4 Å². The first-order valence-electron chi connectivity index (χ1n) is 9.06. The Hall–Kier alpha value is -2.12. The molecule has 2 aromatic rings. The quantitative estimate of drug-likeness (QED) is 0.580. The first-order valence-corrected chi connectivity index (χ1v) is 10.0. The molecule has 7 heteroatoms. The van der Waals surface area contributed by atoms with E-state index in [1.165, 1.54) is 17.3 Å². The number of rotatable bonds is 5. The molecule has 0 radical (unpaired) electrons. The molecule has 2 heterocycles. The minimum absolute atomic E-state index is 0.0515. The first-order chi connectivity index (χ1) is 13.0. The van der Waals surface area contributed by atoms with Gasteiger partial charge in [0.15, 0.2) is 5.16 Å². The summed E-state index contributed by atoms with van der Waals surface area (Å²) >= 11 is 1.31. The van der Waals surface area contributed by atoms with Crippen molar-refractivity contribution in [3.63, 3.8) is 0 Å². The van der Waals surface area contributed by atoms with Crippen LogP contribution in [0.5, 0.6) is 0 Å². The summed E-state index contributed by atoms with van der Waals surface area (Å²) in [6.45, 7) is 6.32. The van der Waals surface area contributed by atoms with Gasteiger partial charge in [-0.1, -0.05) is 41.6 Å². The van der Waals surface area contributed by atoms with Crippen LogP contribution < -0.4 is 5.56 Å². The number of thioether (sulfide) groups is 1. The molecular formula is C20H25N3O3S. The van der Waals surface area contributed by atoms with E-state index in [-0.39, 0.29) is 17.2 Å². The lowest BCUT2D eigenvalue weighted by Crippen LogP contribution is -2.41. The number of nitrogens with zero attached hydrogens (tertiary/aromatic N) is 3. The van der Waals surface area contributed by atoms with Gasteiger partial charge >= 0.3 is 0 Å². The van der Waals surface area contributed by atoms with Gasteiger partial charge in [-0.05, 0) is 19.4 Å². The molecule has 0 unspecified atom stereocenters. The maximum Gasteiger partial charge on any atom is 0.257 e. The molecule has 144 valence electrons. The molecule has 0 N–H and O–H groups in total. The number of carbonyl (C=O) groups excluding carboxylic acids is 1. The van der Waals surface area contributed by atoms with Crippen molar-refractivity contribution in [3.8, 4) is 0 Å². The van der Waals surface area contributed by atoms with Gasteiger partial charge in [0.05, 0.1) is 19.0 Å². The van der Waals surface area contributed by atoms with Gasteiger partial charge in [0.1, 0.15) is 0 Å². The smallest absolute Gasteiger partial charge is 0.257 e. The summed E-state index contributed by atoms with van der Waals surface area (Å²) in [5.41, 5.74) is 3.65. The number of amides is 1. The molecule has 0 bridgehead atoms. The van der Waals surface area contributed by atoms with Crippen LogP contribution in [0.15, 0.2) is 34.2 Å². The van der Waals surface area contributed by atoms with E-state index >= 15 is 0 Å². The summed E-state index contributed by atoms with van der Waals surface area (Å²) in [7, 11) is 1.72. The number of hydrogen-bond acceptors (Lipinski definition) is 5. The number of aryl methyl sites for hydroxylation is 2. The van der Waals surface area contributed by atoms with Gasteiger partial charge < -0.3 is 9.64 Å². The zero-order chi connectivity index (χ0) is 19.4. The predicted octanol–water partition coefficient (Wildman–Crippen LogP) is 1.94. The van der Waals surface area contributed by atoms with Crippen molar-refractivity contribution in [1.29, 1.82) is 0 Å². The zero-order valence-corrected chi connectivity index (χ0v) is 16.8. The SMILES string of the molecule is Cc1ccc(Cc2c(C)nc(SCC(=O)N3CCOCC3)n(C)c2=O)cc1. The molecule has 6 nitrogen and oxygen atoms in total. The third-order valence-corrected chi connectivity index (χ3v) is 5.75. The monoisotopic (exact) mass is 387 g/mol. The maximum atomic E-state index is 12.8. The average Bonchev–Trinajstić information content (AvgIpc) is 2.69. The van der Waals surface area contributed by atoms with Crippen LogP contribution in [-0.4, -0.2) is 52.4 Å². The first kappa shape index (κ1) is 19.6. The number of aromatic nitrogens is 2. The second-order valence-corrected chi connectivity index (χ2v) is 7.71. The van der Waals surface area contributed by atoms with Crippen LogP contribution in [0.3, 0.4) is 0 Å². The molecule has 27 heavy (non-hydrogen) atoms. The lowest BCUT2D eigenvalue weighted by atomic mass is 10.0. The molecule has 1 aromatic carbocycles. The van der Waals surface area contributed by atoms with Gasteiger partial charge in [0.25, 0.3) is 5.56 Å². The Morgan fingerprint density at radius 1 is 1.19 bits per heavy atom. The highest BCUT2D eigenvalue weighted by molar-refractivity contribution is 7.99. The summed E-state index contributed by atoms with van der Waals surface area (Å²) in [6.07, 6.45) is 0.559. The molecule has 1 aromatic heterocycles. The predicted molar refractivity (Wildman–Crippen MR) is 106 cm³/mol. The van der Waals surface area contributed by atoms with E-state index in [9.17, 15) is 9.59 Å². The van der Waals surface area contributed by atoms with Gasteiger partial charge in [-0.3, -0.25) is 14.2 Å². The van der Waals surface area contributed by atoms with Crippen LogP contribution in [0, 0.1) is 13.8 Å². The van der Waals surface area contributed by atoms with E-state index in [2.05, 4.69) is 4.98 Å². The minimum atomic E-state index is -0.0515. The summed E-state index contributed by atoms with van der Waals surface area (Å²) in [4.78, 5) is 31.5. The standard InChI is InChI=1S/C20H25N3O3S/c1-14-4-6-16(7-5-14)12-17-15(2)21-20(22(3)19(17)25)27-13-18(24)23-8-10-26-11-9-23/h4-7H,8-13H2,1-3H3.